The summed E-state index contributed by atoms with van der Waals surface area (Å²) in [6.45, 7) is 5.32. The number of morpholine rings is 1. The Bertz CT molecular complexity index is 342. The Morgan fingerprint density at radius 3 is 3.19 bits per heavy atom. The van der Waals surface area contributed by atoms with Crippen molar-refractivity contribution < 1.29 is 9.84 Å². The van der Waals surface area contributed by atoms with Crippen molar-refractivity contribution in [3.05, 3.63) is 29.6 Å². The van der Waals surface area contributed by atoms with Crippen LogP contribution in [0.3, 0.4) is 0 Å². The topological polar surface area (TPSA) is 45.6 Å². The molecule has 0 saturated carbocycles. The van der Waals surface area contributed by atoms with E-state index in [2.05, 4.69) is 9.88 Å². The minimum absolute atomic E-state index is 0.0419. The molecule has 1 fully saturated rings. The van der Waals surface area contributed by atoms with Gasteiger partial charge in [0.1, 0.15) is 6.10 Å². The smallest absolute Gasteiger partial charge is 0.112 e. The maximum Gasteiger partial charge on any atom is 0.112 e. The number of hydrogen-bond acceptors (Lipinski definition) is 4. The van der Waals surface area contributed by atoms with Gasteiger partial charge in [0.25, 0.3) is 0 Å². The van der Waals surface area contributed by atoms with E-state index in [-0.39, 0.29) is 12.7 Å². The summed E-state index contributed by atoms with van der Waals surface area (Å²) in [6.07, 6.45) is 0.0419. The summed E-state index contributed by atoms with van der Waals surface area (Å²) in [5.74, 6) is 0. The number of nitrogens with zero attached hydrogens (tertiary/aromatic N) is 2. The SMILES string of the molecule is Cc1cccc([C@H]2CN(CCO)CCO2)n1. The molecular weight excluding hydrogens is 204 g/mol. The number of aryl methyl sites for hydroxylation is 1. The number of aromatic nitrogens is 1. The van der Waals surface area contributed by atoms with Crippen LogP contribution in [-0.4, -0.2) is 47.8 Å². The Labute approximate surface area is 95.9 Å². The molecule has 1 aromatic rings. The summed E-state index contributed by atoms with van der Waals surface area (Å²) in [7, 11) is 0. The second-order valence-corrected chi connectivity index (χ2v) is 4.09. The highest BCUT2D eigenvalue weighted by Gasteiger charge is 2.22. The number of aliphatic hydroxyl groups excluding tert-OH is 1. The predicted molar refractivity (Wildman–Crippen MR) is 61.2 cm³/mol. The van der Waals surface area contributed by atoms with Crippen LogP contribution in [0.25, 0.3) is 0 Å². The monoisotopic (exact) mass is 222 g/mol. The minimum atomic E-state index is 0.0419. The van der Waals surface area contributed by atoms with Gasteiger partial charge in [-0.15, -0.1) is 0 Å². The Balaban J connectivity index is 2.03. The lowest BCUT2D eigenvalue weighted by molar-refractivity contribution is -0.0358. The zero-order chi connectivity index (χ0) is 11.4. The van der Waals surface area contributed by atoms with Crippen molar-refractivity contribution in [2.24, 2.45) is 0 Å². The standard InChI is InChI=1S/C12H18N2O2/c1-10-3-2-4-11(13-10)12-9-14(5-7-15)6-8-16-12/h2-4,12,15H,5-9H2,1H3/t12-/m1/s1. The minimum Gasteiger partial charge on any atom is -0.395 e. The third-order valence-electron chi connectivity index (χ3n) is 2.81. The molecule has 1 aromatic heterocycles. The van der Waals surface area contributed by atoms with Crippen molar-refractivity contribution in [1.82, 2.24) is 9.88 Å². The van der Waals surface area contributed by atoms with Gasteiger partial charge in [0.05, 0.1) is 18.9 Å². The first kappa shape index (κ1) is 11.5. The maximum absolute atomic E-state index is 8.92. The normalized spacial score (nSPS) is 22.2. The molecule has 1 aliphatic heterocycles. The summed E-state index contributed by atoms with van der Waals surface area (Å²) < 4.78 is 5.71. The van der Waals surface area contributed by atoms with Gasteiger partial charge in [-0.25, -0.2) is 0 Å². The Morgan fingerprint density at radius 2 is 2.44 bits per heavy atom. The van der Waals surface area contributed by atoms with Crippen LogP contribution in [0.1, 0.15) is 17.5 Å². The van der Waals surface area contributed by atoms with Crippen LogP contribution in [0.4, 0.5) is 0 Å². The van der Waals surface area contributed by atoms with Crippen molar-refractivity contribution in [3.8, 4) is 0 Å². The van der Waals surface area contributed by atoms with E-state index < -0.39 is 0 Å². The summed E-state index contributed by atoms with van der Waals surface area (Å²) in [5, 5.41) is 8.92. The van der Waals surface area contributed by atoms with E-state index in [4.69, 9.17) is 9.84 Å². The molecule has 1 saturated heterocycles. The van der Waals surface area contributed by atoms with Gasteiger partial charge in [0.15, 0.2) is 0 Å². The van der Waals surface area contributed by atoms with Crippen molar-refractivity contribution in [1.29, 1.82) is 0 Å². The maximum atomic E-state index is 8.92. The van der Waals surface area contributed by atoms with Crippen LogP contribution in [0.2, 0.25) is 0 Å². The second-order valence-electron chi connectivity index (χ2n) is 4.09. The van der Waals surface area contributed by atoms with Gasteiger partial charge in [0.2, 0.25) is 0 Å². The number of hydrogen-bond donors (Lipinski definition) is 1. The van der Waals surface area contributed by atoms with Crippen LogP contribution in [-0.2, 0) is 4.74 Å². The number of ether oxygens (including phenoxy) is 1. The zero-order valence-electron chi connectivity index (χ0n) is 9.59. The molecule has 0 radical (unpaired) electrons. The lowest BCUT2D eigenvalue weighted by atomic mass is 10.2. The number of β-amino-alcohol motifs (C(OH)–C–C–N with tert-alkyl or cyclic N) is 1. The van der Waals surface area contributed by atoms with Gasteiger partial charge >= 0.3 is 0 Å². The largest absolute Gasteiger partial charge is 0.395 e. The summed E-state index contributed by atoms with van der Waals surface area (Å²) in [4.78, 5) is 6.68. The molecule has 2 heterocycles. The first-order valence-electron chi connectivity index (χ1n) is 5.68. The van der Waals surface area contributed by atoms with Crippen LogP contribution < -0.4 is 0 Å². The fourth-order valence-electron chi connectivity index (χ4n) is 1.97. The van der Waals surface area contributed by atoms with E-state index in [1.165, 1.54) is 0 Å². The van der Waals surface area contributed by atoms with Crippen LogP contribution in [0, 0.1) is 6.92 Å². The van der Waals surface area contributed by atoms with E-state index in [1.807, 2.05) is 25.1 Å². The fourth-order valence-corrected chi connectivity index (χ4v) is 1.97. The third-order valence-corrected chi connectivity index (χ3v) is 2.81. The summed E-state index contributed by atoms with van der Waals surface area (Å²) in [5.41, 5.74) is 2.00. The van der Waals surface area contributed by atoms with E-state index in [1.54, 1.807) is 0 Å². The van der Waals surface area contributed by atoms with Gasteiger partial charge in [0, 0.05) is 25.3 Å². The molecular formula is C12H18N2O2. The lowest BCUT2D eigenvalue weighted by Gasteiger charge is -2.32. The van der Waals surface area contributed by atoms with Crippen molar-refractivity contribution >= 4 is 0 Å². The van der Waals surface area contributed by atoms with Crippen LogP contribution in [0.5, 0.6) is 0 Å². The van der Waals surface area contributed by atoms with Gasteiger partial charge < -0.3 is 9.84 Å². The number of pyridine rings is 1. The average Bonchev–Trinajstić information content (AvgIpc) is 2.30. The van der Waals surface area contributed by atoms with Gasteiger partial charge in [-0.3, -0.25) is 9.88 Å². The Hall–Kier alpha value is -0.970. The molecule has 1 atom stereocenters. The van der Waals surface area contributed by atoms with Gasteiger partial charge in [-0.1, -0.05) is 6.07 Å². The summed E-state index contributed by atoms with van der Waals surface area (Å²) >= 11 is 0. The molecule has 1 N–H and O–H groups in total. The van der Waals surface area contributed by atoms with Crippen LogP contribution >= 0.6 is 0 Å². The fraction of sp³-hybridized carbons (Fsp3) is 0.583. The Kier molecular flexibility index (Phi) is 3.88. The van der Waals surface area contributed by atoms with E-state index in [0.717, 1.165) is 24.5 Å². The lowest BCUT2D eigenvalue weighted by Crippen LogP contribution is -2.40. The Morgan fingerprint density at radius 1 is 1.56 bits per heavy atom. The molecule has 0 spiro atoms. The molecule has 16 heavy (non-hydrogen) atoms. The van der Waals surface area contributed by atoms with Crippen molar-refractivity contribution in [2.45, 2.75) is 13.0 Å². The summed E-state index contributed by atoms with van der Waals surface area (Å²) in [6, 6.07) is 5.99. The van der Waals surface area contributed by atoms with E-state index in [0.29, 0.717) is 13.2 Å². The van der Waals surface area contributed by atoms with Crippen molar-refractivity contribution in [2.75, 3.05) is 32.8 Å². The average molecular weight is 222 g/mol. The van der Waals surface area contributed by atoms with Crippen molar-refractivity contribution in [3.63, 3.8) is 0 Å². The third kappa shape index (κ3) is 2.78. The molecule has 4 nitrogen and oxygen atoms in total. The molecule has 88 valence electrons. The highest BCUT2D eigenvalue weighted by molar-refractivity contribution is 5.13. The highest BCUT2D eigenvalue weighted by Crippen LogP contribution is 2.20. The van der Waals surface area contributed by atoms with Crippen LogP contribution in [0.15, 0.2) is 18.2 Å². The molecule has 0 amide bonds. The molecule has 4 heteroatoms. The van der Waals surface area contributed by atoms with Gasteiger partial charge in [-0.2, -0.15) is 0 Å². The quantitative estimate of drug-likeness (QED) is 0.820. The van der Waals surface area contributed by atoms with E-state index in [9.17, 15) is 0 Å². The first-order valence-corrected chi connectivity index (χ1v) is 5.68. The predicted octanol–water partition coefficient (Wildman–Crippen LogP) is 0.756. The molecule has 2 rings (SSSR count). The number of rotatable bonds is 3. The van der Waals surface area contributed by atoms with Gasteiger partial charge in [-0.05, 0) is 19.1 Å². The number of aliphatic hydroxyl groups is 1. The molecule has 0 unspecified atom stereocenters. The molecule has 0 aromatic carbocycles. The molecule has 1 aliphatic rings. The molecule has 0 aliphatic carbocycles. The molecule has 0 bridgehead atoms. The van der Waals surface area contributed by atoms with E-state index >= 15 is 0 Å². The second kappa shape index (κ2) is 5.39. The first-order chi connectivity index (χ1) is 7.79. The zero-order valence-corrected chi connectivity index (χ0v) is 9.59. The highest BCUT2D eigenvalue weighted by atomic mass is 16.5.